The standard InChI is InChI=1S/C42H31N3O/c1-2-10-30(11-3-1)31-18-22-33(23-19-31)43-34-24-20-32(21-25-34)37-12-4-5-13-38(37)44-35-26-28-36(29-27-35)45-39-14-6-8-16-41(39)46-42-17-9-7-15-40(42)45/h1-29,43-44H. The summed E-state index contributed by atoms with van der Waals surface area (Å²) >= 11 is 0. The number of anilines is 7. The van der Waals surface area contributed by atoms with Crippen LogP contribution in [0.3, 0.4) is 0 Å². The monoisotopic (exact) mass is 593 g/mol. The number of hydrogen-bond acceptors (Lipinski definition) is 4. The van der Waals surface area contributed by atoms with Crippen molar-refractivity contribution in [3.8, 4) is 33.8 Å². The lowest BCUT2D eigenvalue weighted by Gasteiger charge is -2.32. The predicted octanol–water partition coefficient (Wildman–Crippen LogP) is 12.1. The second-order valence-corrected chi connectivity index (χ2v) is 11.2. The largest absolute Gasteiger partial charge is 0.453 e. The first-order valence-corrected chi connectivity index (χ1v) is 15.4. The molecule has 0 saturated heterocycles. The molecule has 4 nitrogen and oxygen atoms in total. The second-order valence-electron chi connectivity index (χ2n) is 11.2. The molecular weight excluding hydrogens is 562 g/mol. The van der Waals surface area contributed by atoms with Gasteiger partial charge in [-0.25, -0.2) is 0 Å². The zero-order chi connectivity index (χ0) is 30.7. The summed E-state index contributed by atoms with van der Waals surface area (Å²) in [5, 5.41) is 7.19. The van der Waals surface area contributed by atoms with E-state index in [9.17, 15) is 0 Å². The second kappa shape index (κ2) is 12.0. The van der Waals surface area contributed by atoms with E-state index in [4.69, 9.17) is 4.74 Å². The first-order valence-electron chi connectivity index (χ1n) is 15.4. The van der Waals surface area contributed by atoms with Crippen LogP contribution in [0.1, 0.15) is 0 Å². The maximum Gasteiger partial charge on any atom is 0.151 e. The molecule has 0 radical (unpaired) electrons. The van der Waals surface area contributed by atoms with E-state index in [1.807, 2.05) is 42.5 Å². The maximum atomic E-state index is 6.19. The zero-order valence-corrected chi connectivity index (χ0v) is 25.1. The molecule has 0 unspecified atom stereocenters. The Kier molecular flexibility index (Phi) is 7.14. The summed E-state index contributed by atoms with van der Waals surface area (Å²) in [5.74, 6) is 1.69. The van der Waals surface area contributed by atoms with Gasteiger partial charge < -0.3 is 20.3 Å². The van der Waals surface area contributed by atoms with Gasteiger partial charge in [0.2, 0.25) is 0 Å². The van der Waals surface area contributed by atoms with Crippen LogP contribution in [0.5, 0.6) is 11.5 Å². The fraction of sp³-hybridized carbons (Fsp3) is 0. The molecule has 220 valence electrons. The first kappa shape index (κ1) is 27.3. The number of ether oxygens (including phenoxy) is 1. The van der Waals surface area contributed by atoms with Crippen molar-refractivity contribution in [3.05, 3.63) is 176 Å². The van der Waals surface area contributed by atoms with Crippen molar-refractivity contribution >= 4 is 39.8 Å². The van der Waals surface area contributed by atoms with Crippen LogP contribution < -0.4 is 20.3 Å². The average Bonchev–Trinajstić information content (AvgIpc) is 3.12. The van der Waals surface area contributed by atoms with Crippen molar-refractivity contribution in [2.24, 2.45) is 0 Å². The number of rotatable bonds is 7. The molecule has 1 aliphatic heterocycles. The zero-order valence-electron chi connectivity index (χ0n) is 25.1. The summed E-state index contributed by atoms with van der Waals surface area (Å²) in [6.45, 7) is 0. The van der Waals surface area contributed by atoms with Gasteiger partial charge in [-0.3, -0.25) is 0 Å². The van der Waals surface area contributed by atoms with Crippen LogP contribution >= 0.6 is 0 Å². The summed E-state index contributed by atoms with van der Waals surface area (Å²) < 4.78 is 6.19. The number of benzene rings is 7. The van der Waals surface area contributed by atoms with E-state index in [2.05, 4.69) is 149 Å². The third-order valence-corrected chi connectivity index (χ3v) is 8.24. The summed E-state index contributed by atoms with van der Waals surface area (Å²) in [6, 6.07) is 60.9. The van der Waals surface area contributed by atoms with E-state index < -0.39 is 0 Å². The molecule has 1 heterocycles. The summed E-state index contributed by atoms with van der Waals surface area (Å²) in [7, 11) is 0. The Hall–Kier alpha value is -6.26. The van der Waals surface area contributed by atoms with E-state index in [1.54, 1.807) is 0 Å². The minimum absolute atomic E-state index is 0.847. The van der Waals surface area contributed by atoms with Gasteiger partial charge in [-0.2, -0.15) is 0 Å². The summed E-state index contributed by atoms with van der Waals surface area (Å²) in [4.78, 5) is 2.25. The fourth-order valence-corrected chi connectivity index (χ4v) is 5.95. The van der Waals surface area contributed by atoms with E-state index in [-0.39, 0.29) is 0 Å². The van der Waals surface area contributed by atoms with Gasteiger partial charge in [0, 0.05) is 34.0 Å². The number of para-hydroxylation sites is 5. The van der Waals surface area contributed by atoms with Crippen LogP contribution in [0.2, 0.25) is 0 Å². The number of nitrogens with one attached hydrogen (secondary N) is 2. The predicted molar refractivity (Wildman–Crippen MR) is 192 cm³/mol. The highest BCUT2D eigenvalue weighted by Gasteiger charge is 2.25. The lowest BCUT2D eigenvalue weighted by molar-refractivity contribution is 0.477. The lowest BCUT2D eigenvalue weighted by atomic mass is 10.0. The Labute approximate surface area is 269 Å². The Morgan fingerprint density at radius 1 is 0.370 bits per heavy atom. The number of hydrogen-bond donors (Lipinski definition) is 2. The van der Waals surface area contributed by atoms with Crippen LogP contribution in [0.25, 0.3) is 22.3 Å². The van der Waals surface area contributed by atoms with Crippen LogP contribution in [-0.4, -0.2) is 0 Å². The van der Waals surface area contributed by atoms with Gasteiger partial charge in [-0.15, -0.1) is 0 Å². The van der Waals surface area contributed by atoms with E-state index in [0.717, 1.165) is 62.4 Å². The highest BCUT2D eigenvalue weighted by Crippen LogP contribution is 2.50. The molecule has 7 aromatic rings. The van der Waals surface area contributed by atoms with Crippen molar-refractivity contribution in [2.75, 3.05) is 15.5 Å². The van der Waals surface area contributed by atoms with Gasteiger partial charge in [0.15, 0.2) is 11.5 Å². The molecule has 0 saturated carbocycles. The van der Waals surface area contributed by atoms with Crippen LogP contribution in [0.4, 0.5) is 39.8 Å². The van der Waals surface area contributed by atoms with Crippen molar-refractivity contribution in [2.45, 2.75) is 0 Å². The molecule has 46 heavy (non-hydrogen) atoms. The Balaban J connectivity index is 0.997. The minimum atomic E-state index is 0.847. The maximum absolute atomic E-state index is 6.19. The molecule has 1 aliphatic rings. The molecule has 0 aliphatic carbocycles. The molecule has 0 spiro atoms. The third kappa shape index (κ3) is 5.44. The van der Waals surface area contributed by atoms with Crippen molar-refractivity contribution < 1.29 is 4.74 Å². The molecule has 0 aromatic heterocycles. The van der Waals surface area contributed by atoms with Crippen molar-refractivity contribution in [1.82, 2.24) is 0 Å². The highest BCUT2D eigenvalue weighted by atomic mass is 16.5. The molecule has 0 amide bonds. The lowest BCUT2D eigenvalue weighted by Crippen LogP contribution is -2.15. The van der Waals surface area contributed by atoms with Gasteiger partial charge in [0.05, 0.1) is 11.4 Å². The topological polar surface area (TPSA) is 36.5 Å². The highest BCUT2D eigenvalue weighted by molar-refractivity contribution is 5.87. The molecular formula is C42H31N3O. The first-order chi connectivity index (χ1) is 22.8. The molecule has 7 aromatic carbocycles. The molecule has 2 N–H and O–H groups in total. The Bertz CT molecular complexity index is 2060. The summed E-state index contributed by atoms with van der Waals surface area (Å²) in [6.07, 6.45) is 0. The van der Waals surface area contributed by atoms with Crippen molar-refractivity contribution in [1.29, 1.82) is 0 Å². The van der Waals surface area contributed by atoms with Gasteiger partial charge in [-0.05, 0) is 95.6 Å². The molecule has 8 rings (SSSR count). The van der Waals surface area contributed by atoms with Crippen molar-refractivity contribution in [3.63, 3.8) is 0 Å². The Morgan fingerprint density at radius 2 is 0.848 bits per heavy atom. The number of fused-ring (bicyclic) bond motifs is 2. The quantitative estimate of drug-likeness (QED) is 0.193. The minimum Gasteiger partial charge on any atom is -0.453 e. The third-order valence-electron chi connectivity index (χ3n) is 8.24. The number of nitrogens with zero attached hydrogens (tertiary/aromatic N) is 1. The van der Waals surface area contributed by atoms with E-state index >= 15 is 0 Å². The molecule has 0 fully saturated rings. The van der Waals surface area contributed by atoms with Gasteiger partial charge >= 0.3 is 0 Å². The molecule has 4 heteroatoms. The normalized spacial score (nSPS) is 11.6. The van der Waals surface area contributed by atoms with E-state index in [0.29, 0.717) is 0 Å². The van der Waals surface area contributed by atoms with Crippen LogP contribution in [-0.2, 0) is 0 Å². The molecule has 0 bridgehead atoms. The molecule has 0 atom stereocenters. The fourth-order valence-electron chi connectivity index (χ4n) is 5.95. The smallest absolute Gasteiger partial charge is 0.151 e. The summed E-state index contributed by atoms with van der Waals surface area (Å²) in [5.41, 5.74) is 12.0. The van der Waals surface area contributed by atoms with Gasteiger partial charge in [0.25, 0.3) is 0 Å². The van der Waals surface area contributed by atoms with Gasteiger partial charge in [0.1, 0.15) is 0 Å². The van der Waals surface area contributed by atoms with Gasteiger partial charge in [-0.1, -0.05) is 97.1 Å². The Morgan fingerprint density at radius 3 is 1.50 bits per heavy atom. The average molecular weight is 594 g/mol. The van der Waals surface area contributed by atoms with E-state index in [1.165, 1.54) is 11.1 Å². The van der Waals surface area contributed by atoms with Crippen LogP contribution in [0.15, 0.2) is 176 Å². The SMILES string of the molecule is c1ccc(-c2ccc(Nc3ccc(-c4ccccc4Nc4ccc(N5c6ccccc6Oc6ccccc65)cc4)cc3)cc2)cc1. The van der Waals surface area contributed by atoms with Crippen LogP contribution in [0, 0.1) is 0 Å².